The van der Waals surface area contributed by atoms with Crippen molar-refractivity contribution in [1.29, 1.82) is 0 Å². The lowest BCUT2D eigenvalue weighted by Crippen LogP contribution is -2.19. The number of aromatic nitrogens is 2. The first-order valence-corrected chi connectivity index (χ1v) is 8.75. The summed E-state index contributed by atoms with van der Waals surface area (Å²) < 4.78 is 2.18. The predicted molar refractivity (Wildman–Crippen MR) is 97.7 cm³/mol. The Morgan fingerprint density at radius 3 is 2.76 bits per heavy atom. The monoisotopic (exact) mass is 335 g/mol. The lowest BCUT2D eigenvalue weighted by molar-refractivity contribution is -0.115. The number of para-hydroxylation sites is 2. The third kappa shape index (κ3) is 3.22. The molecule has 1 aromatic heterocycles. The molecule has 128 valence electrons. The number of phenols is 1. The van der Waals surface area contributed by atoms with Gasteiger partial charge in [0, 0.05) is 6.04 Å². The minimum absolute atomic E-state index is 0.125. The summed E-state index contributed by atoms with van der Waals surface area (Å²) in [4.78, 5) is 17.1. The van der Waals surface area contributed by atoms with Crippen molar-refractivity contribution in [1.82, 2.24) is 9.55 Å². The van der Waals surface area contributed by atoms with Crippen LogP contribution in [-0.4, -0.2) is 20.6 Å². The lowest BCUT2D eigenvalue weighted by atomic mass is 10.1. The Labute approximate surface area is 146 Å². The summed E-state index contributed by atoms with van der Waals surface area (Å²) >= 11 is 0. The number of anilines is 1. The van der Waals surface area contributed by atoms with Crippen LogP contribution in [0.3, 0.4) is 0 Å². The maximum Gasteiger partial charge on any atom is 0.231 e. The number of carbonyl (C=O) groups is 1. The molecule has 0 saturated heterocycles. The van der Waals surface area contributed by atoms with Crippen LogP contribution in [0.4, 0.5) is 5.95 Å². The first kappa shape index (κ1) is 15.7. The summed E-state index contributed by atoms with van der Waals surface area (Å²) in [5.41, 5.74) is 2.75. The van der Waals surface area contributed by atoms with Gasteiger partial charge in [-0.15, -0.1) is 0 Å². The summed E-state index contributed by atoms with van der Waals surface area (Å²) in [7, 11) is 0. The van der Waals surface area contributed by atoms with E-state index in [2.05, 4.69) is 20.9 Å². The molecule has 5 nitrogen and oxygen atoms in total. The first-order valence-electron chi connectivity index (χ1n) is 8.75. The van der Waals surface area contributed by atoms with Crippen LogP contribution in [0.1, 0.15) is 37.3 Å². The van der Waals surface area contributed by atoms with Crippen molar-refractivity contribution in [3.8, 4) is 5.75 Å². The maximum absolute atomic E-state index is 12.5. The Kier molecular flexibility index (Phi) is 4.14. The zero-order chi connectivity index (χ0) is 17.2. The summed E-state index contributed by atoms with van der Waals surface area (Å²) in [5.74, 6) is 0.668. The third-order valence-electron chi connectivity index (χ3n) is 4.81. The van der Waals surface area contributed by atoms with Gasteiger partial charge in [-0.05, 0) is 42.7 Å². The molecule has 0 aliphatic heterocycles. The third-order valence-corrected chi connectivity index (χ3v) is 4.81. The quantitative estimate of drug-likeness (QED) is 0.756. The summed E-state index contributed by atoms with van der Waals surface area (Å²) in [6.07, 6.45) is 4.88. The average molecular weight is 335 g/mol. The van der Waals surface area contributed by atoms with Gasteiger partial charge in [-0.3, -0.25) is 10.1 Å². The van der Waals surface area contributed by atoms with Crippen LogP contribution in [-0.2, 0) is 11.2 Å². The van der Waals surface area contributed by atoms with Crippen LogP contribution in [0, 0.1) is 0 Å². The van der Waals surface area contributed by atoms with Crippen LogP contribution < -0.4 is 5.32 Å². The van der Waals surface area contributed by atoms with Crippen molar-refractivity contribution in [2.45, 2.75) is 38.1 Å². The second kappa shape index (κ2) is 6.59. The van der Waals surface area contributed by atoms with E-state index in [1.54, 1.807) is 18.2 Å². The number of nitrogens with zero attached hydrogens (tertiary/aromatic N) is 2. The summed E-state index contributed by atoms with van der Waals surface area (Å²) in [6.45, 7) is 0. The van der Waals surface area contributed by atoms with E-state index in [0.29, 0.717) is 12.0 Å². The van der Waals surface area contributed by atoms with Gasteiger partial charge in [0.05, 0.1) is 17.5 Å². The fraction of sp³-hybridized carbons (Fsp3) is 0.300. The second-order valence-corrected chi connectivity index (χ2v) is 6.63. The molecule has 5 heteroatoms. The highest BCUT2D eigenvalue weighted by Gasteiger charge is 2.23. The molecule has 3 aromatic rings. The fourth-order valence-electron chi connectivity index (χ4n) is 3.69. The molecule has 1 heterocycles. The van der Waals surface area contributed by atoms with Crippen LogP contribution >= 0.6 is 0 Å². The molecule has 1 amide bonds. The molecule has 4 rings (SSSR count). The van der Waals surface area contributed by atoms with E-state index in [9.17, 15) is 9.90 Å². The number of nitrogens with one attached hydrogen (secondary N) is 1. The molecular weight excluding hydrogens is 314 g/mol. The van der Waals surface area contributed by atoms with Gasteiger partial charge in [0.15, 0.2) is 0 Å². The molecular formula is C20H21N3O2. The SMILES string of the molecule is O=C(Cc1cccc(O)c1)Nc1nc2ccccc2n1C1CCCC1. The minimum atomic E-state index is -0.125. The molecule has 2 aromatic carbocycles. The highest BCUT2D eigenvalue weighted by atomic mass is 16.3. The van der Waals surface area contributed by atoms with Crippen LogP contribution in [0.2, 0.25) is 0 Å². The topological polar surface area (TPSA) is 67.2 Å². The predicted octanol–water partition coefficient (Wildman–Crippen LogP) is 4.04. The van der Waals surface area contributed by atoms with Gasteiger partial charge in [-0.25, -0.2) is 4.98 Å². The molecule has 25 heavy (non-hydrogen) atoms. The Balaban J connectivity index is 1.62. The molecule has 1 aliphatic rings. The van der Waals surface area contributed by atoms with Gasteiger partial charge in [-0.2, -0.15) is 0 Å². The van der Waals surface area contributed by atoms with Crippen molar-refractivity contribution in [2.75, 3.05) is 5.32 Å². The van der Waals surface area contributed by atoms with E-state index in [1.807, 2.05) is 24.3 Å². The normalized spacial score (nSPS) is 14.9. The van der Waals surface area contributed by atoms with Gasteiger partial charge >= 0.3 is 0 Å². The lowest BCUT2D eigenvalue weighted by Gasteiger charge is -2.16. The molecule has 0 spiro atoms. The van der Waals surface area contributed by atoms with Gasteiger partial charge < -0.3 is 9.67 Å². The first-order chi connectivity index (χ1) is 12.2. The molecule has 0 bridgehead atoms. The highest BCUT2D eigenvalue weighted by Crippen LogP contribution is 2.35. The maximum atomic E-state index is 12.5. The number of phenolic OH excluding ortho intramolecular Hbond substituents is 1. The van der Waals surface area contributed by atoms with E-state index < -0.39 is 0 Å². The number of benzene rings is 2. The van der Waals surface area contributed by atoms with Crippen molar-refractivity contribution in [3.63, 3.8) is 0 Å². The second-order valence-electron chi connectivity index (χ2n) is 6.63. The fourth-order valence-corrected chi connectivity index (χ4v) is 3.69. The smallest absolute Gasteiger partial charge is 0.231 e. The number of imidazole rings is 1. The van der Waals surface area contributed by atoms with Crippen molar-refractivity contribution < 1.29 is 9.90 Å². The Hall–Kier alpha value is -2.82. The van der Waals surface area contributed by atoms with Crippen LogP contribution in [0.15, 0.2) is 48.5 Å². The van der Waals surface area contributed by atoms with Crippen molar-refractivity contribution in [2.24, 2.45) is 0 Å². The Morgan fingerprint density at radius 2 is 1.96 bits per heavy atom. The van der Waals surface area contributed by atoms with Crippen molar-refractivity contribution in [3.05, 3.63) is 54.1 Å². The number of hydrogen-bond donors (Lipinski definition) is 2. The Bertz CT molecular complexity index is 910. The van der Waals surface area contributed by atoms with E-state index in [4.69, 9.17) is 0 Å². The van der Waals surface area contributed by atoms with E-state index >= 15 is 0 Å². The zero-order valence-electron chi connectivity index (χ0n) is 14.0. The molecule has 0 unspecified atom stereocenters. The molecule has 0 atom stereocenters. The molecule has 1 aliphatic carbocycles. The van der Waals surface area contributed by atoms with Gasteiger partial charge in [-0.1, -0.05) is 37.1 Å². The van der Waals surface area contributed by atoms with Gasteiger partial charge in [0.1, 0.15) is 5.75 Å². The molecule has 1 fully saturated rings. The number of aromatic hydroxyl groups is 1. The Morgan fingerprint density at radius 1 is 1.16 bits per heavy atom. The summed E-state index contributed by atoms with van der Waals surface area (Å²) in [6, 6.07) is 15.2. The standard InChI is InChI=1S/C20H21N3O2/c24-16-9-5-6-14(12-16)13-19(25)22-20-21-17-10-3-4-11-18(17)23(20)15-7-1-2-8-15/h3-6,9-12,15,24H,1-2,7-8,13H2,(H,21,22,25). The summed E-state index contributed by atoms with van der Waals surface area (Å²) in [5, 5.41) is 12.5. The van der Waals surface area contributed by atoms with E-state index in [0.717, 1.165) is 29.4 Å². The molecule has 2 N–H and O–H groups in total. The molecule has 0 radical (unpaired) electrons. The zero-order valence-corrected chi connectivity index (χ0v) is 14.0. The van der Waals surface area contributed by atoms with E-state index in [-0.39, 0.29) is 18.1 Å². The number of fused-ring (bicyclic) bond motifs is 1. The number of rotatable bonds is 4. The number of hydrogen-bond acceptors (Lipinski definition) is 3. The molecule has 1 saturated carbocycles. The number of amides is 1. The van der Waals surface area contributed by atoms with Gasteiger partial charge in [0.2, 0.25) is 11.9 Å². The average Bonchev–Trinajstić information content (AvgIpc) is 3.21. The van der Waals surface area contributed by atoms with Crippen molar-refractivity contribution >= 4 is 22.9 Å². The van der Waals surface area contributed by atoms with Gasteiger partial charge in [0.25, 0.3) is 0 Å². The van der Waals surface area contributed by atoms with E-state index in [1.165, 1.54) is 12.8 Å². The number of carbonyl (C=O) groups excluding carboxylic acids is 1. The van der Waals surface area contributed by atoms with Crippen LogP contribution in [0.5, 0.6) is 5.75 Å². The highest BCUT2D eigenvalue weighted by molar-refractivity contribution is 5.93. The largest absolute Gasteiger partial charge is 0.508 e. The van der Waals surface area contributed by atoms with Crippen LogP contribution in [0.25, 0.3) is 11.0 Å². The minimum Gasteiger partial charge on any atom is -0.508 e.